The molecular formula is C54H82N6O12. The Kier molecular flexibility index (Phi) is 24.2. The number of rotatable bonds is 15. The lowest BCUT2D eigenvalue weighted by molar-refractivity contribution is -0.174. The molecule has 0 aliphatic carbocycles. The van der Waals surface area contributed by atoms with Crippen molar-refractivity contribution in [3.63, 3.8) is 0 Å². The topological polar surface area (TPSA) is 217 Å². The van der Waals surface area contributed by atoms with Gasteiger partial charge in [-0.15, -0.1) is 0 Å². The van der Waals surface area contributed by atoms with E-state index in [2.05, 4.69) is 5.16 Å². The Hall–Kier alpha value is -6.04. The fourth-order valence-corrected chi connectivity index (χ4v) is 8.45. The maximum Gasteiger partial charge on any atom is 0.329 e. The van der Waals surface area contributed by atoms with Gasteiger partial charge in [0.15, 0.2) is 30.3 Å². The molecule has 2 aromatic rings. The van der Waals surface area contributed by atoms with Gasteiger partial charge in [-0.05, 0) is 74.3 Å². The first-order valence-corrected chi connectivity index (χ1v) is 25.2. The Morgan fingerprint density at radius 1 is 0.486 bits per heavy atom. The number of hydrogen-bond acceptors (Lipinski definition) is 14. The molecule has 18 heteroatoms. The highest BCUT2D eigenvalue weighted by molar-refractivity contribution is 5.95. The van der Waals surface area contributed by atoms with Gasteiger partial charge < -0.3 is 49.1 Å². The zero-order valence-electron chi connectivity index (χ0n) is 45.1. The van der Waals surface area contributed by atoms with Crippen LogP contribution in [0.4, 0.5) is 0 Å². The van der Waals surface area contributed by atoms with Crippen LogP contribution in [0.3, 0.4) is 0 Å². The van der Waals surface area contributed by atoms with Crippen LogP contribution in [0.15, 0.2) is 65.8 Å². The van der Waals surface area contributed by atoms with Crippen LogP contribution in [0.25, 0.3) is 0 Å². The summed E-state index contributed by atoms with van der Waals surface area (Å²) in [7, 11) is 5.82. The average molecular weight is 1010 g/mol. The van der Waals surface area contributed by atoms with Gasteiger partial charge in [-0.3, -0.25) is 14.4 Å². The number of nitrogens with two attached hydrogens (primary N) is 1. The lowest BCUT2D eigenvalue weighted by atomic mass is 10.00. The van der Waals surface area contributed by atoms with E-state index in [9.17, 15) is 33.6 Å². The van der Waals surface area contributed by atoms with E-state index < -0.39 is 90.2 Å². The van der Waals surface area contributed by atoms with Crippen LogP contribution < -0.4 is 5.73 Å². The summed E-state index contributed by atoms with van der Waals surface area (Å²) in [5.74, 6) is -6.07. The summed E-state index contributed by atoms with van der Waals surface area (Å²) in [5, 5.41) is 4.33. The number of amides is 3. The van der Waals surface area contributed by atoms with Gasteiger partial charge >= 0.3 is 23.9 Å². The number of carbonyl (C=O) groups excluding carboxylic acids is 7. The highest BCUT2D eigenvalue weighted by atomic mass is 16.6. The minimum Gasteiger partial charge on any atom is -0.453 e. The summed E-state index contributed by atoms with van der Waals surface area (Å²) in [4.78, 5) is 113. The SMILES string of the molecule is CC(C)CC1C(=O)O[C@H](C)C(=O)N(C)[C@@H](CC(C)C)C(=O)O[C@H](Cc2ccccc2)C(=O)N(C)[C@@H](CC(C)C)C(=O)O[C@H](C)/C(=N\OCCN)N(C)[C@@H](CC(C)C)C(=O)O[C@H](Cc2ccccc2)C(=O)N1C. The molecule has 1 fully saturated rings. The van der Waals surface area contributed by atoms with Gasteiger partial charge in [0.05, 0.1) is 0 Å². The van der Waals surface area contributed by atoms with Crippen molar-refractivity contribution in [1.29, 1.82) is 0 Å². The number of nitrogens with zero attached hydrogens (tertiary/aromatic N) is 5. The standard InChI is InChI=1S/C54H82N6O12/c1-33(2)27-41-53(66)71-45(31-39-21-17-15-18-22-39)49(62)60(14)43(29-35(5)6)52(65)70-38(10)48(61)58(12)44(30-36(7)8)54(67)72-46(32-40-23-19-16-20-24-40)50(63)59(13)42(28-34(3)4)51(64)69-37(9)47(57(41)11)56-68-26-25-55/h15-24,33-38,41-46H,25-32,55H2,1-14H3/b56-47+/t37-,38-,41+,42+,43?,44+,45-,46-/m1/s1. The first-order valence-electron chi connectivity index (χ1n) is 25.2. The van der Waals surface area contributed by atoms with Crippen LogP contribution in [-0.2, 0) is 70.2 Å². The van der Waals surface area contributed by atoms with E-state index >= 15 is 0 Å². The van der Waals surface area contributed by atoms with Crippen LogP contribution in [0.2, 0.25) is 0 Å². The van der Waals surface area contributed by atoms with E-state index in [4.69, 9.17) is 29.5 Å². The van der Waals surface area contributed by atoms with Crippen molar-refractivity contribution in [2.45, 2.75) is 156 Å². The number of esters is 4. The van der Waals surface area contributed by atoms with E-state index in [1.807, 2.05) is 61.5 Å². The Bertz CT molecular complexity index is 2120. The first kappa shape index (κ1) is 60.3. The molecule has 1 saturated heterocycles. The molecule has 0 radical (unpaired) electrons. The lowest BCUT2D eigenvalue weighted by Crippen LogP contribution is -2.55. The fourth-order valence-electron chi connectivity index (χ4n) is 8.45. The minimum atomic E-state index is -1.46. The molecule has 0 aromatic heterocycles. The predicted molar refractivity (Wildman–Crippen MR) is 273 cm³/mol. The third kappa shape index (κ3) is 17.9. The number of ether oxygens (including phenoxy) is 4. The lowest BCUT2D eigenvalue weighted by Gasteiger charge is -2.36. The summed E-state index contributed by atoms with van der Waals surface area (Å²) in [6, 6.07) is 13.1. The van der Waals surface area contributed by atoms with Crippen LogP contribution in [0.1, 0.15) is 106 Å². The number of likely N-dealkylation sites (N-methyl/N-ethyl adjacent to an activating group) is 4. The summed E-state index contributed by atoms with van der Waals surface area (Å²) in [6.07, 6.45) is -5.13. The normalized spacial score (nSPS) is 25.0. The molecule has 2 aromatic carbocycles. The monoisotopic (exact) mass is 1010 g/mol. The van der Waals surface area contributed by atoms with Crippen LogP contribution in [-0.4, -0.2) is 157 Å². The molecule has 1 aliphatic heterocycles. The molecule has 0 bridgehead atoms. The van der Waals surface area contributed by atoms with Crippen molar-refractivity contribution in [1.82, 2.24) is 19.6 Å². The molecule has 3 rings (SSSR count). The van der Waals surface area contributed by atoms with Gasteiger partial charge in [-0.25, -0.2) is 19.2 Å². The molecule has 1 unspecified atom stereocenters. The number of oxime groups is 1. The van der Waals surface area contributed by atoms with Crippen molar-refractivity contribution in [3.05, 3.63) is 71.8 Å². The zero-order chi connectivity index (χ0) is 54.0. The number of carbonyl (C=O) groups is 7. The predicted octanol–water partition coefficient (Wildman–Crippen LogP) is 5.43. The third-order valence-corrected chi connectivity index (χ3v) is 12.4. The van der Waals surface area contributed by atoms with Gasteiger partial charge in [0, 0.05) is 47.6 Å². The fraction of sp³-hybridized carbons (Fsp3) is 0.630. The van der Waals surface area contributed by atoms with Gasteiger partial charge in [0.1, 0.15) is 30.8 Å². The van der Waals surface area contributed by atoms with Gasteiger partial charge in [0.25, 0.3) is 17.7 Å². The molecule has 1 heterocycles. The summed E-state index contributed by atoms with van der Waals surface area (Å²) >= 11 is 0. The van der Waals surface area contributed by atoms with Crippen LogP contribution >= 0.6 is 0 Å². The number of benzene rings is 2. The second kappa shape index (κ2) is 28.9. The zero-order valence-corrected chi connectivity index (χ0v) is 45.1. The Balaban J connectivity index is 2.33. The smallest absolute Gasteiger partial charge is 0.329 e. The second-order valence-electron chi connectivity index (χ2n) is 20.5. The molecule has 18 nitrogen and oxygen atoms in total. The Morgan fingerprint density at radius 2 is 0.806 bits per heavy atom. The first-order chi connectivity index (χ1) is 33.9. The quantitative estimate of drug-likeness (QED) is 0.102. The molecular weight excluding hydrogens is 925 g/mol. The highest BCUT2D eigenvalue weighted by Crippen LogP contribution is 2.24. The molecule has 8 atom stereocenters. The molecule has 0 saturated carbocycles. The van der Waals surface area contributed by atoms with Crippen molar-refractivity contribution < 1.29 is 57.3 Å². The van der Waals surface area contributed by atoms with E-state index in [-0.39, 0.29) is 81.2 Å². The van der Waals surface area contributed by atoms with E-state index in [1.165, 1.54) is 42.8 Å². The summed E-state index contributed by atoms with van der Waals surface area (Å²) in [5.41, 5.74) is 7.10. The molecule has 3 amide bonds. The largest absolute Gasteiger partial charge is 0.453 e. The number of hydrogen-bond donors (Lipinski definition) is 1. The molecule has 0 spiro atoms. The molecule has 400 valence electrons. The van der Waals surface area contributed by atoms with Gasteiger partial charge in [-0.1, -0.05) is 121 Å². The highest BCUT2D eigenvalue weighted by Gasteiger charge is 2.42. The summed E-state index contributed by atoms with van der Waals surface area (Å²) < 4.78 is 24.4. The van der Waals surface area contributed by atoms with Gasteiger partial charge in [0.2, 0.25) is 0 Å². The van der Waals surface area contributed by atoms with Crippen LogP contribution in [0.5, 0.6) is 0 Å². The Labute approximate surface area is 427 Å². The maximum absolute atomic E-state index is 14.8. The molecule has 1 aliphatic rings. The summed E-state index contributed by atoms with van der Waals surface area (Å²) in [6.45, 7) is 18.0. The Morgan fingerprint density at radius 3 is 1.15 bits per heavy atom. The second-order valence-corrected chi connectivity index (χ2v) is 20.5. The van der Waals surface area contributed by atoms with Gasteiger partial charge in [-0.2, -0.15) is 0 Å². The van der Waals surface area contributed by atoms with E-state index in [0.29, 0.717) is 11.1 Å². The number of cyclic esters (lactones) is 4. The van der Waals surface area contributed by atoms with Crippen molar-refractivity contribution in [3.8, 4) is 0 Å². The van der Waals surface area contributed by atoms with Crippen molar-refractivity contribution in [2.24, 2.45) is 34.6 Å². The maximum atomic E-state index is 14.8. The molecule has 72 heavy (non-hydrogen) atoms. The third-order valence-electron chi connectivity index (χ3n) is 12.4. The van der Waals surface area contributed by atoms with E-state index in [1.54, 1.807) is 68.6 Å². The number of amidine groups is 1. The van der Waals surface area contributed by atoms with Crippen molar-refractivity contribution in [2.75, 3.05) is 41.3 Å². The van der Waals surface area contributed by atoms with Crippen molar-refractivity contribution >= 4 is 47.4 Å². The van der Waals surface area contributed by atoms with E-state index in [0.717, 1.165) is 4.90 Å². The average Bonchev–Trinajstić information content (AvgIpc) is 3.32. The molecule has 2 N–H and O–H groups in total. The minimum absolute atomic E-state index is 0.00814. The van der Waals surface area contributed by atoms with Crippen LogP contribution in [0, 0.1) is 23.7 Å².